The van der Waals surface area contributed by atoms with E-state index in [1.807, 2.05) is 91.0 Å². The van der Waals surface area contributed by atoms with E-state index < -0.39 is 116 Å². The molecular formula is C46H57NO17. The first-order chi connectivity index (χ1) is 30.7. The SMILES string of the molecule is COC(=O)[C@]1(OC[C@H]2O[C@H](OC)[C@H](OCc3ccccc3)[C@@H](OCc3ccccc3)[C@@H]2OCc2ccccc2)C[C@H](O)[C@@H](NC(C)=O)[C@H]([C@H](OC(C)=O)[C@@H](COC(C)=O)OC(C)=O)O1. The lowest BCUT2D eigenvalue weighted by atomic mass is 9.88. The maximum absolute atomic E-state index is 14.0. The van der Waals surface area contributed by atoms with E-state index in [1.54, 1.807) is 0 Å². The Labute approximate surface area is 371 Å². The monoisotopic (exact) mass is 895 g/mol. The fourth-order valence-corrected chi connectivity index (χ4v) is 7.53. The first-order valence-electron chi connectivity index (χ1n) is 20.7. The van der Waals surface area contributed by atoms with Crippen LogP contribution < -0.4 is 5.32 Å². The van der Waals surface area contributed by atoms with Gasteiger partial charge in [-0.3, -0.25) is 19.2 Å². The molecule has 2 heterocycles. The highest BCUT2D eigenvalue weighted by atomic mass is 16.8. The zero-order valence-corrected chi connectivity index (χ0v) is 36.7. The fraction of sp³-hybridized carbons (Fsp3) is 0.500. The second-order valence-corrected chi connectivity index (χ2v) is 15.2. The van der Waals surface area contributed by atoms with Crippen molar-refractivity contribution >= 4 is 29.8 Å². The van der Waals surface area contributed by atoms with Gasteiger partial charge in [0.05, 0.1) is 45.7 Å². The van der Waals surface area contributed by atoms with Gasteiger partial charge in [-0.1, -0.05) is 91.0 Å². The Kier molecular flexibility index (Phi) is 18.7. The molecule has 0 spiro atoms. The summed E-state index contributed by atoms with van der Waals surface area (Å²) in [6.45, 7) is 3.62. The number of benzene rings is 3. The molecule has 18 heteroatoms. The Morgan fingerprint density at radius 3 is 1.70 bits per heavy atom. The number of carbonyl (C=O) groups excluding carboxylic acids is 5. The Morgan fingerprint density at radius 1 is 0.719 bits per heavy atom. The first kappa shape index (κ1) is 49.7. The second-order valence-electron chi connectivity index (χ2n) is 15.2. The summed E-state index contributed by atoms with van der Waals surface area (Å²) < 4.78 is 66.5. The Bertz CT molecular complexity index is 1960. The number of esters is 4. The summed E-state index contributed by atoms with van der Waals surface area (Å²) in [5.41, 5.74) is 2.56. The molecule has 64 heavy (non-hydrogen) atoms. The van der Waals surface area contributed by atoms with Gasteiger partial charge < -0.3 is 62.5 Å². The van der Waals surface area contributed by atoms with Gasteiger partial charge in [0.25, 0.3) is 5.79 Å². The van der Waals surface area contributed by atoms with Crippen molar-refractivity contribution in [2.24, 2.45) is 0 Å². The van der Waals surface area contributed by atoms with Crippen LogP contribution in [0.15, 0.2) is 91.0 Å². The standard InChI is InChI=1S/C46H57NO17/c1-28(48)47-38-35(52)22-46(45(53)55-6,64-41(38)40(62-31(4)51)36(61-30(3)50)26-56-29(2)49)60-27-37-39(57-23-32-16-10-7-11-17-32)42(58-24-33-18-12-8-13-19-33)43(44(54-5)63-37)59-25-34-20-14-9-15-21-34/h7-21,35-44,52H,22-27H2,1-6H3,(H,47,48)/t35-,36+,37+,38+,39+,40+,41+,42-,43+,44-,46-/m0/s1. The average Bonchev–Trinajstić information content (AvgIpc) is 3.28. The number of hydrogen-bond acceptors (Lipinski definition) is 17. The van der Waals surface area contributed by atoms with E-state index in [4.69, 9.17) is 52.1 Å². The van der Waals surface area contributed by atoms with Crippen molar-refractivity contribution in [1.29, 1.82) is 0 Å². The predicted octanol–water partition coefficient (Wildman–Crippen LogP) is 3.08. The van der Waals surface area contributed by atoms with Gasteiger partial charge in [0.2, 0.25) is 5.91 Å². The highest BCUT2D eigenvalue weighted by molar-refractivity contribution is 5.78. The number of nitrogens with one attached hydrogen (secondary N) is 1. The van der Waals surface area contributed by atoms with Crippen LogP contribution >= 0.6 is 0 Å². The van der Waals surface area contributed by atoms with E-state index in [-0.39, 0.29) is 19.8 Å². The minimum absolute atomic E-state index is 0.0847. The van der Waals surface area contributed by atoms with Crippen molar-refractivity contribution in [3.05, 3.63) is 108 Å². The van der Waals surface area contributed by atoms with Gasteiger partial charge in [0, 0.05) is 41.2 Å². The van der Waals surface area contributed by atoms with Crippen molar-refractivity contribution in [1.82, 2.24) is 5.32 Å². The van der Waals surface area contributed by atoms with E-state index in [0.29, 0.717) is 0 Å². The molecule has 0 aromatic heterocycles. The summed E-state index contributed by atoms with van der Waals surface area (Å²) in [5, 5.41) is 14.4. The Morgan fingerprint density at radius 2 is 1.23 bits per heavy atom. The molecule has 11 atom stereocenters. The number of amides is 1. The average molecular weight is 896 g/mol. The van der Waals surface area contributed by atoms with E-state index in [9.17, 15) is 29.1 Å². The van der Waals surface area contributed by atoms with Crippen molar-refractivity contribution in [3.63, 3.8) is 0 Å². The molecule has 0 bridgehead atoms. The third-order valence-electron chi connectivity index (χ3n) is 10.4. The molecule has 5 rings (SSSR count). The van der Waals surface area contributed by atoms with Gasteiger partial charge in [0.1, 0.15) is 37.1 Å². The van der Waals surface area contributed by atoms with Crippen LogP contribution in [0.5, 0.6) is 0 Å². The molecule has 2 aliphatic heterocycles. The third-order valence-corrected chi connectivity index (χ3v) is 10.4. The minimum atomic E-state index is -2.51. The number of carbonyl (C=O) groups is 5. The summed E-state index contributed by atoms with van der Waals surface area (Å²) in [7, 11) is 2.50. The highest BCUT2D eigenvalue weighted by Crippen LogP contribution is 2.38. The van der Waals surface area contributed by atoms with E-state index in [2.05, 4.69) is 5.32 Å². The van der Waals surface area contributed by atoms with Gasteiger partial charge >= 0.3 is 23.9 Å². The van der Waals surface area contributed by atoms with Gasteiger partial charge in [-0.25, -0.2) is 4.79 Å². The number of rotatable bonds is 21. The minimum Gasteiger partial charge on any atom is -0.465 e. The lowest BCUT2D eigenvalue weighted by molar-refractivity contribution is -0.348. The molecule has 0 unspecified atom stereocenters. The van der Waals surface area contributed by atoms with Crippen LogP contribution in [-0.2, 0) is 95.9 Å². The van der Waals surface area contributed by atoms with Crippen molar-refractivity contribution in [2.45, 2.75) is 121 Å². The maximum atomic E-state index is 14.0. The lowest BCUT2D eigenvalue weighted by Gasteiger charge is -2.49. The lowest BCUT2D eigenvalue weighted by Crippen LogP contribution is -2.69. The highest BCUT2D eigenvalue weighted by Gasteiger charge is 2.59. The molecule has 2 N–H and O–H groups in total. The molecule has 0 aliphatic carbocycles. The molecule has 0 saturated carbocycles. The summed E-state index contributed by atoms with van der Waals surface area (Å²) in [6, 6.07) is 26.9. The summed E-state index contributed by atoms with van der Waals surface area (Å²) in [4.78, 5) is 63.5. The number of aliphatic hydroxyl groups is 1. The molecule has 0 radical (unpaired) electrons. The zero-order valence-electron chi connectivity index (χ0n) is 36.7. The maximum Gasteiger partial charge on any atom is 0.366 e. The van der Waals surface area contributed by atoms with Gasteiger partial charge in [0.15, 0.2) is 18.5 Å². The molecule has 18 nitrogen and oxygen atoms in total. The van der Waals surface area contributed by atoms with Crippen LogP contribution in [0.2, 0.25) is 0 Å². The summed E-state index contributed by atoms with van der Waals surface area (Å²) >= 11 is 0. The quantitative estimate of drug-likeness (QED) is 0.116. The van der Waals surface area contributed by atoms with Crippen LogP contribution in [-0.4, -0.2) is 129 Å². The number of methoxy groups -OCH3 is 2. The van der Waals surface area contributed by atoms with Crippen LogP contribution in [0.25, 0.3) is 0 Å². The first-order valence-corrected chi connectivity index (χ1v) is 20.7. The predicted molar refractivity (Wildman–Crippen MR) is 222 cm³/mol. The zero-order chi connectivity index (χ0) is 46.2. The molecular weight excluding hydrogens is 838 g/mol. The molecule has 1 amide bonds. The Balaban J connectivity index is 1.55. The van der Waals surface area contributed by atoms with E-state index in [1.165, 1.54) is 14.0 Å². The van der Waals surface area contributed by atoms with E-state index >= 15 is 0 Å². The van der Waals surface area contributed by atoms with Crippen LogP contribution in [0.4, 0.5) is 0 Å². The number of hydrogen-bond donors (Lipinski definition) is 2. The van der Waals surface area contributed by atoms with Gasteiger partial charge in [-0.05, 0) is 16.7 Å². The summed E-state index contributed by atoms with van der Waals surface area (Å²) in [5.74, 6) is -6.82. The number of aliphatic hydroxyl groups excluding tert-OH is 1. The van der Waals surface area contributed by atoms with Crippen LogP contribution in [0.1, 0.15) is 50.8 Å². The third kappa shape index (κ3) is 13.8. The molecule has 3 aromatic carbocycles. The topological polar surface area (TPSA) is 219 Å². The van der Waals surface area contributed by atoms with Gasteiger partial charge in [-0.15, -0.1) is 0 Å². The molecule has 2 saturated heterocycles. The normalized spacial score (nSPS) is 26.4. The molecule has 2 fully saturated rings. The smallest absolute Gasteiger partial charge is 0.366 e. The van der Waals surface area contributed by atoms with Crippen LogP contribution in [0.3, 0.4) is 0 Å². The Hall–Kier alpha value is -5.31. The van der Waals surface area contributed by atoms with Gasteiger partial charge in [-0.2, -0.15) is 0 Å². The number of ether oxygens (including phenoxy) is 11. The van der Waals surface area contributed by atoms with E-state index in [0.717, 1.165) is 44.6 Å². The molecule has 348 valence electrons. The largest absolute Gasteiger partial charge is 0.465 e. The molecule has 2 aliphatic rings. The van der Waals surface area contributed by atoms with Crippen molar-refractivity contribution in [3.8, 4) is 0 Å². The summed E-state index contributed by atoms with van der Waals surface area (Å²) in [6.07, 6.45) is -12.3. The second kappa shape index (κ2) is 24.1. The fourth-order valence-electron chi connectivity index (χ4n) is 7.53. The van der Waals surface area contributed by atoms with Crippen molar-refractivity contribution in [2.75, 3.05) is 27.4 Å². The van der Waals surface area contributed by atoms with Crippen molar-refractivity contribution < 1.29 is 81.2 Å². The molecule has 3 aromatic rings. The van der Waals surface area contributed by atoms with Crippen LogP contribution in [0, 0.1) is 0 Å².